The summed E-state index contributed by atoms with van der Waals surface area (Å²) >= 11 is 0. The Balaban J connectivity index is 0.000000921. The van der Waals surface area contributed by atoms with Gasteiger partial charge in [-0.05, 0) is 0 Å². The number of carbonyl (C=O) groups is 1. The highest BCUT2D eigenvalue weighted by atomic mass is 16.3. The molecule has 0 saturated carbocycles. The van der Waals surface area contributed by atoms with E-state index in [1.807, 2.05) is 6.79 Å². The first-order chi connectivity index (χ1) is 7.17. The standard InChI is InChI=1S/C5H10N6O2.CH2O/c6-3-8-4(7)10-5(9-3)11(1-12)2-13;1-2/h12-13H,1-2H2,(H4,6,7,8,9,10);1H2. The van der Waals surface area contributed by atoms with Gasteiger partial charge in [0.2, 0.25) is 17.8 Å². The molecule has 0 spiro atoms. The van der Waals surface area contributed by atoms with Gasteiger partial charge in [-0.25, -0.2) is 0 Å². The molecule has 0 aliphatic rings. The molecule has 84 valence electrons. The van der Waals surface area contributed by atoms with Crippen molar-refractivity contribution in [3.05, 3.63) is 0 Å². The van der Waals surface area contributed by atoms with E-state index < -0.39 is 13.5 Å². The van der Waals surface area contributed by atoms with Crippen molar-refractivity contribution in [2.45, 2.75) is 0 Å². The van der Waals surface area contributed by atoms with Crippen LogP contribution < -0.4 is 16.4 Å². The number of aromatic nitrogens is 3. The molecule has 9 nitrogen and oxygen atoms in total. The van der Waals surface area contributed by atoms with Crippen molar-refractivity contribution in [2.75, 3.05) is 29.8 Å². The van der Waals surface area contributed by atoms with Crippen molar-refractivity contribution in [1.82, 2.24) is 15.0 Å². The summed E-state index contributed by atoms with van der Waals surface area (Å²) in [6, 6.07) is 0. The third-order valence-electron chi connectivity index (χ3n) is 1.28. The fourth-order valence-electron chi connectivity index (χ4n) is 0.710. The van der Waals surface area contributed by atoms with Crippen molar-refractivity contribution in [2.24, 2.45) is 0 Å². The van der Waals surface area contributed by atoms with E-state index in [9.17, 15) is 0 Å². The molecule has 0 atom stereocenters. The smallest absolute Gasteiger partial charge is 0.235 e. The van der Waals surface area contributed by atoms with Crippen LogP contribution in [0, 0.1) is 0 Å². The number of hydrogen-bond acceptors (Lipinski definition) is 9. The Morgan fingerprint density at radius 1 is 1.07 bits per heavy atom. The highest BCUT2D eigenvalue weighted by molar-refractivity contribution is 5.38. The Morgan fingerprint density at radius 3 is 1.80 bits per heavy atom. The van der Waals surface area contributed by atoms with E-state index in [1.54, 1.807) is 0 Å². The molecule has 1 aromatic rings. The van der Waals surface area contributed by atoms with Crippen LogP contribution in [-0.4, -0.2) is 45.4 Å². The van der Waals surface area contributed by atoms with Gasteiger partial charge < -0.3 is 26.5 Å². The van der Waals surface area contributed by atoms with Crippen molar-refractivity contribution in [1.29, 1.82) is 0 Å². The summed E-state index contributed by atoms with van der Waals surface area (Å²) in [5, 5.41) is 17.5. The van der Waals surface area contributed by atoms with Crippen LogP contribution in [0.4, 0.5) is 17.8 Å². The second-order valence-electron chi connectivity index (χ2n) is 2.17. The molecular formula is C6H12N6O3. The average molecular weight is 216 g/mol. The minimum atomic E-state index is -0.431. The van der Waals surface area contributed by atoms with E-state index in [0.29, 0.717) is 0 Å². The summed E-state index contributed by atoms with van der Waals surface area (Å²) in [6.45, 7) is 1.14. The van der Waals surface area contributed by atoms with Crippen molar-refractivity contribution < 1.29 is 15.0 Å². The monoisotopic (exact) mass is 216 g/mol. The second-order valence-corrected chi connectivity index (χ2v) is 2.17. The predicted octanol–water partition coefficient (Wildman–Crippen LogP) is -2.44. The summed E-state index contributed by atoms with van der Waals surface area (Å²) in [5.41, 5.74) is 10.5. The van der Waals surface area contributed by atoms with Crippen molar-refractivity contribution in [3.63, 3.8) is 0 Å². The minimum absolute atomic E-state index is 0.0370. The number of nitrogens with two attached hydrogens (primary N) is 2. The average Bonchev–Trinajstić information content (AvgIpc) is 2.21. The third kappa shape index (κ3) is 3.70. The lowest BCUT2D eigenvalue weighted by molar-refractivity contribution is -0.0979. The van der Waals surface area contributed by atoms with E-state index in [1.165, 1.54) is 0 Å². The van der Waals surface area contributed by atoms with E-state index in [0.717, 1.165) is 4.90 Å². The van der Waals surface area contributed by atoms with Crippen LogP contribution in [0.15, 0.2) is 0 Å². The molecule has 0 unspecified atom stereocenters. The molecule has 1 heterocycles. The van der Waals surface area contributed by atoms with Gasteiger partial charge >= 0.3 is 0 Å². The van der Waals surface area contributed by atoms with Gasteiger partial charge in [0.15, 0.2) is 0 Å². The van der Waals surface area contributed by atoms with Gasteiger partial charge in [-0.1, -0.05) is 0 Å². The van der Waals surface area contributed by atoms with Crippen molar-refractivity contribution in [3.8, 4) is 0 Å². The molecule has 9 heteroatoms. The van der Waals surface area contributed by atoms with E-state index >= 15 is 0 Å². The zero-order chi connectivity index (χ0) is 11.8. The molecule has 6 N–H and O–H groups in total. The fraction of sp³-hybridized carbons (Fsp3) is 0.333. The van der Waals surface area contributed by atoms with Crippen LogP contribution in [0.3, 0.4) is 0 Å². The van der Waals surface area contributed by atoms with Crippen LogP contribution in [-0.2, 0) is 4.79 Å². The molecule has 0 amide bonds. The Labute approximate surface area is 85.4 Å². The number of anilines is 3. The quantitative estimate of drug-likeness (QED) is 0.403. The molecular weight excluding hydrogens is 204 g/mol. The number of rotatable bonds is 3. The minimum Gasteiger partial charge on any atom is -0.376 e. The van der Waals surface area contributed by atoms with Crippen LogP contribution in [0.5, 0.6) is 0 Å². The largest absolute Gasteiger partial charge is 0.376 e. The van der Waals surface area contributed by atoms with Gasteiger partial charge in [0.1, 0.15) is 20.3 Å². The van der Waals surface area contributed by atoms with Gasteiger partial charge in [0, 0.05) is 0 Å². The molecule has 0 bridgehead atoms. The highest BCUT2D eigenvalue weighted by Gasteiger charge is 2.08. The van der Waals surface area contributed by atoms with Crippen molar-refractivity contribution >= 4 is 24.6 Å². The lowest BCUT2D eigenvalue weighted by atomic mass is 10.7. The Hall–Kier alpha value is -2.00. The van der Waals surface area contributed by atoms with Gasteiger partial charge in [0.25, 0.3) is 0 Å². The molecule has 0 radical (unpaired) electrons. The molecule has 0 aliphatic carbocycles. The van der Waals surface area contributed by atoms with Gasteiger partial charge in [-0.15, -0.1) is 0 Å². The number of hydrogen-bond donors (Lipinski definition) is 4. The normalized spacial score (nSPS) is 8.93. The first-order valence-electron chi connectivity index (χ1n) is 3.70. The maximum absolute atomic E-state index is 8.75. The summed E-state index contributed by atoms with van der Waals surface area (Å²) in [5.74, 6) is -0.0844. The SMILES string of the molecule is C=O.Nc1nc(N)nc(N(CO)CO)n1. The Kier molecular flexibility index (Phi) is 5.59. The molecule has 0 aromatic carbocycles. The van der Waals surface area contributed by atoms with E-state index in [2.05, 4.69) is 15.0 Å². The fourth-order valence-corrected chi connectivity index (χ4v) is 0.710. The number of carbonyl (C=O) groups excluding carboxylic acids is 1. The van der Waals surface area contributed by atoms with Crippen LogP contribution >= 0.6 is 0 Å². The zero-order valence-corrected chi connectivity index (χ0v) is 7.87. The maximum Gasteiger partial charge on any atom is 0.235 e. The van der Waals surface area contributed by atoms with Crippen LogP contribution in [0.1, 0.15) is 0 Å². The number of aliphatic hydroxyl groups excluding tert-OH is 2. The number of aliphatic hydroxyl groups is 2. The van der Waals surface area contributed by atoms with Gasteiger partial charge in [-0.3, -0.25) is 4.90 Å². The Morgan fingerprint density at radius 2 is 1.47 bits per heavy atom. The predicted molar refractivity (Wildman–Crippen MR) is 52.4 cm³/mol. The molecule has 1 aromatic heterocycles. The van der Waals surface area contributed by atoms with Crippen LogP contribution in [0.2, 0.25) is 0 Å². The highest BCUT2D eigenvalue weighted by Crippen LogP contribution is 2.07. The zero-order valence-electron chi connectivity index (χ0n) is 7.87. The first-order valence-corrected chi connectivity index (χ1v) is 3.70. The molecule has 0 aliphatic heterocycles. The maximum atomic E-state index is 8.75. The lowest BCUT2D eigenvalue weighted by Crippen LogP contribution is -2.27. The Bertz CT molecular complexity index is 285. The molecule has 0 saturated heterocycles. The van der Waals surface area contributed by atoms with E-state index in [4.69, 9.17) is 26.5 Å². The van der Waals surface area contributed by atoms with E-state index in [-0.39, 0.29) is 17.8 Å². The molecule has 0 fully saturated rings. The second kappa shape index (κ2) is 6.45. The van der Waals surface area contributed by atoms with Crippen LogP contribution in [0.25, 0.3) is 0 Å². The number of nitrogens with zero attached hydrogens (tertiary/aromatic N) is 4. The number of nitrogen functional groups attached to an aromatic ring is 2. The summed E-state index contributed by atoms with van der Waals surface area (Å²) in [7, 11) is 0. The lowest BCUT2D eigenvalue weighted by Gasteiger charge is -2.15. The summed E-state index contributed by atoms with van der Waals surface area (Å²) < 4.78 is 0. The van der Waals surface area contributed by atoms with Gasteiger partial charge in [0.05, 0.1) is 0 Å². The summed E-state index contributed by atoms with van der Waals surface area (Å²) in [6.07, 6.45) is 0. The third-order valence-corrected chi connectivity index (χ3v) is 1.28. The molecule has 15 heavy (non-hydrogen) atoms. The topological polar surface area (TPSA) is 151 Å². The van der Waals surface area contributed by atoms with Gasteiger partial charge in [-0.2, -0.15) is 15.0 Å². The first kappa shape index (κ1) is 13.0. The molecule has 1 rings (SSSR count). The summed E-state index contributed by atoms with van der Waals surface area (Å²) in [4.78, 5) is 19.9.